The molecular formula is C14H19N2O4S-. The van der Waals surface area contributed by atoms with Crippen molar-refractivity contribution in [2.24, 2.45) is 5.41 Å². The van der Waals surface area contributed by atoms with Crippen LogP contribution in [-0.2, 0) is 14.8 Å². The molecule has 0 aliphatic heterocycles. The molecule has 0 fully saturated rings. The Bertz CT molecular complexity index is 633. The highest BCUT2D eigenvalue weighted by Crippen LogP contribution is 2.26. The molecule has 0 aromatic heterocycles. The first kappa shape index (κ1) is 17.2. The van der Waals surface area contributed by atoms with E-state index in [4.69, 9.17) is 0 Å². The number of hydrazine groups is 1. The smallest absolute Gasteiger partial charge is 0.257 e. The molecule has 21 heavy (non-hydrogen) atoms. The normalized spacial score (nSPS) is 12.0. The minimum atomic E-state index is -3.75. The molecule has 1 aromatic carbocycles. The van der Waals surface area contributed by atoms with Crippen LogP contribution in [0, 0.1) is 12.3 Å². The summed E-state index contributed by atoms with van der Waals surface area (Å²) in [6.45, 7) is 8.76. The predicted octanol–water partition coefficient (Wildman–Crippen LogP) is 0.458. The van der Waals surface area contributed by atoms with Crippen molar-refractivity contribution in [2.75, 3.05) is 0 Å². The Morgan fingerprint density at radius 3 is 2.29 bits per heavy atom. The fraction of sp³-hybridized carbons (Fsp3) is 0.357. The molecule has 116 valence electrons. The van der Waals surface area contributed by atoms with Gasteiger partial charge in [-0.15, -0.1) is 4.83 Å². The highest BCUT2D eigenvalue weighted by Gasteiger charge is 2.23. The first-order chi connectivity index (χ1) is 9.54. The summed E-state index contributed by atoms with van der Waals surface area (Å²) in [5, 5.41) is 10.7. The number of sulfonamides is 1. The van der Waals surface area contributed by atoms with E-state index in [1.807, 2.05) is 6.92 Å². The molecule has 1 aromatic rings. The lowest BCUT2D eigenvalue weighted by Crippen LogP contribution is -2.42. The molecule has 0 aliphatic rings. The molecule has 2 N–H and O–H groups in total. The topological polar surface area (TPSA) is 98.3 Å². The number of carbonyl (C=O) groups is 1. The summed E-state index contributed by atoms with van der Waals surface area (Å²) >= 11 is 0. The maximum Gasteiger partial charge on any atom is 0.257 e. The van der Waals surface area contributed by atoms with Crippen molar-refractivity contribution in [3.05, 3.63) is 42.1 Å². The molecule has 0 bridgehead atoms. The van der Waals surface area contributed by atoms with Crippen LogP contribution in [0.2, 0.25) is 0 Å². The Morgan fingerprint density at radius 1 is 1.29 bits per heavy atom. The lowest BCUT2D eigenvalue weighted by Gasteiger charge is -2.28. The van der Waals surface area contributed by atoms with E-state index in [0.29, 0.717) is 0 Å². The van der Waals surface area contributed by atoms with Gasteiger partial charge in [0.25, 0.3) is 10.0 Å². The van der Waals surface area contributed by atoms with E-state index >= 15 is 0 Å². The summed E-state index contributed by atoms with van der Waals surface area (Å²) in [4.78, 5) is 12.9. The lowest BCUT2D eigenvalue weighted by molar-refractivity contribution is -0.307. The summed E-state index contributed by atoms with van der Waals surface area (Å²) in [6, 6.07) is 6.33. The number of carboxylic acid groups (broad SMARTS) is 1. The van der Waals surface area contributed by atoms with Gasteiger partial charge >= 0.3 is 0 Å². The molecule has 0 spiro atoms. The summed E-state index contributed by atoms with van der Waals surface area (Å²) < 4.78 is 24.1. The van der Waals surface area contributed by atoms with Gasteiger partial charge < -0.3 is 15.3 Å². The second-order valence-corrected chi connectivity index (χ2v) is 7.14. The number of aryl methyl sites for hydroxylation is 1. The van der Waals surface area contributed by atoms with Crippen molar-refractivity contribution in [2.45, 2.75) is 32.1 Å². The van der Waals surface area contributed by atoms with Crippen LogP contribution in [0.25, 0.3) is 0 Å². The zero-order valence-electron chi connectivity index (χ0n) is 12.3. The predicted molar refractivity (Wildman–Crippen MR) is 77.2 cm³/mol. The Hall–Kier alpha value is -1.86. The lowest BCUT2D eigenvalue weighted by atomic mass is 9.86. The van der Waals surface area contributed by atoms with Crippen LogP contribution < -0.4 is 15.4 Å². The zero-order chi connectivity index (χ0) is 16.3. The number of carboxylic acids is 1. The standard InChI is InChI=1S/C14H20N2O4S/c1-10-5-7-12(8-6-10)21(19,20)16-15-11(2)14(3,4)9-13(17)18/h5-8,15-16H,2,9H2,1,3-4H3,(H,17,18)/p-1. The molecule has 7 heteroatoms. The van der Waals surface area contributed by atoms with Gasteiger partial charge in [0.05, 0.1) is 4.90 Å². The molecular weight excluding hydrogens is 292 g/mol. The summed E-state index contributed by atoms with van der Waals surface area (Å²) in [7, 11) is -3.75. The van der Waals surface area contributed by atoms with E-state index in [-0.39, 0.29) is 17.0 Å². The maximum absolute atomic E-state index is 12.1. The molecule has 0 radical (unpaired) electrons. The molecule has 0 aliphatic carbocycles. The van der Waals surface area contributed by atoms with E-state index in [1.54, 1.807) is 26.0 Å². The van der Waals surface area contributed by atoms with Crippen LogP contribution in [0.4, 0.5) is 0 Å². The monoisotopic (exact) mass is 311 g/mol. The number of aliphatic carboxylic acids is 1. The number of hydrogen-bond acceptors (Lipinski definition) is 5. The van der Waals surface area contributed by atoms with Gasteiger partial charge in [0, 0.05) is 17.1 Å². The third-order valence-corrected chi connectivity index (χ3v) is 4.33. The number of benzene rings is 1. The Kier molecular flexibility index (Phi) is 5.14. The van der Waals surface area contributed by atoms with Gasteiger partial charge in [-0.05, 0) is 25.5 Å². The molecule has 0 unspecified atom stereocenters. The van der Waals surface area contributed by atoms with Crippen molar-refractivity contribution in [3.8, 4) is 0 Å². The molecule has 6 nitrogen and oxygen atoms in total. The fourth-order valence-corrected chi connectivity index (χ4v) is 2.41. The summed E-state index contributed by atoms with van der Waals surface area (Å²) in [5.74, 6) is -1.23. The van der Waals surface area contributed by atoms with Crippen molar-refractivity contribution in [3.63, 3.8) is 0 Å². The maximum atomic E-state index is 12.1. The largest absolute Gasteiger partial charge is 0.550 e. The molecule has 0 saturated carbocycles. The highest BCUT2D eigenvalue weighted by molar-refractivity contribution is 7.89. The number of hydrogen-bond donors (Lipinski definition) is 2. The van der Waals surface area contributed by atoms with Crippen LogP contribution in [0.15, 0.2) is 41.4 Å². The van der Waals surface area contributed by atoms with Gasteiger partial charge in [-0.1, -0.05) is 38.1 Å². The van der Waals surface area contributed by atoms with Crippen molar-refractivity contribution in [1.82, 2.24) is 10.3 Å². The third-order valence-electron chi connectivity index (χ3n) is 3.07. The van der Waals surface area contributed by atoms with Gasteiger partial charge in [-0.25, -0.2) is 8.42 Å². The van der Waals surface area contributed by atoms with Gasteiger partial charge in [0.1, 0.15) is 0 Å². The van der Waals surface area contributed by atoms with Crippen molar-refractivity contribution >= 4 is 16.0 Å². The first-order valence-corrected chi connectivity index (χ1v) is 7.77. The average Bonchev–Trinajstić information content (AvgIpc) is 2.35. The SMILES string of the molecule is C=C(NNS(=O)(=O)c1ccc(C)cc1)C(C)(C)CC(=O)[O-]. The van der Waals surface area contributed by atoms with Crippen LogP contribution >= 0.6 is 0 Å². The van der Waals surface area contributed by atoms with E-state index in [1.165, 1.54) is 12.1 Å². The van der Waals surface area contributed by atoms with Gasteiger partial charge in [-0.3, -0.25) is 0 Å². The Labute approximate surface area is 124 Å². The van der Waals surface area contributed by atoms with E-state index in [2.05, 4.69) is 16.8 Å². The number of carbonyl (C=O) groups excluding carboxylic acids is 1. The minimum absolute atomic E-state index is 0.103. The molecule has 0 atom stereocenters. The first-order valence-electron chi connectivity index (χ1n) is 6.28. The molecule has 1 rings (SSSR count). The third kappa shape index (κ3) is 4.87. The van der Waals surface area contributed by atoms with Crippen molar-refractivity contribution in [1.29, 1.82) is 0 Å². The average molecular weight is 311 g/mol. The van der Waals surface area contributed by atoms with Crippen LogP contribution in [0.1, 0.15) is 25.8 Å². The van der Waals surface area contributed by atoms with Gasteiger partial charge in [-0.2, -0.15) is 0 Å². The summed E-state index contributed by atoms with van der Waals surface area (Å²) in [6.07, 6.45) is -0.273. The second-order valence-electron chi connectivity index (χ2n) is 5.45. The van der Waals surface area contributed by atoms with Crippen LogP contribution in [-0.4, -0.2) is 14.4 Å². The van der Waals surface area contributed by atoms with Gasteiger partial charge in [0.2, 0.25) is 0 Å². The Morgan fingerprint density at radius 2 is 1.81 bits per heavy atom. The van der Waals surface area contributed by atoms with Gasteiger partial charge in [0.15, 0.2) is 0 Å². The van der Waals surface area contributed by atoms with Crippen LogP contribution in [0.5, 0.6) is 0 Å². The fourth-order valence-electron chi connectivity index (χ4n) is 1.54. The molecule has 0 amide bonds. The van der Waals surface area contributed by atoms with Crippen LogP contribution in [0.3, 0.4) is 0 Å². The quantitative estimate of drug-likeness (QED) is 0.713. The number of rotatable bonds is 7. The number of nitrogens with one attached hydrogen (secondary N) is 2. The van der Waals surface area contributed by atoms with Crippen molar-refractivity contribution < 1.29 is 18.3 Å². The number of allylic oxidation sites excluding steroid dienone is 1. The van der Waals surface area contributed by atoms with E-state index in [9.17, 15) is 18.3 Å². The highest BCUT2D eigenvalue weighted by atomic mass is 32.2. The minimum Gasteiger partial charge on any atom is -0.550 e. The zero-order valence-corrected chi connectivity index (χ0v) is 13.1. The molecule has 0 saturated heterocycles. The summed E-state index contributed by atoms with van der Waals surface area (Å²) in [5.41, 5.74) is 2.79. The van der Waals surface area contributed by atoms with E-state index in [0.717, 1.165) is 5.56 Å². The van der Waals surface area contributed by atoms with E-state index < -0.39 is 21.4 Å². The Balaban J connectivity index is 2.76. The molecule has 0 heterocycles. The second kappa shape index (κ2) is 6.28.